The van der Waals surface area contributed by atoms with Gasteiger partial charge in [-0.3, -0.25) is 9.59 Å². The van der Waals surface area contributed by atoms with E-state index in [2.05, 4.69) is 5.32 Å². The highest BCUT2D eigenvalue weighted by Crippen LogP contribution is 2.38. The van der Waals surface area contributed by atoms with E-state index in [-0.39, 0.29) is 23.4 Å². The van der Waals surface area contributed by atoms with Crippen LogP contribution in [0.3, 0.4) is 0 Å². The zero-order chi connectivity index (χ0) is 22.4. The summed E-state index contributed by atoms with van der Waals surface area (Å²) in [5.74, 6) is -5.37. The zero-order valence-corrected chi connectivity index (χ0v) is 16.7. The number of nitrogens with one attached hydrogen (secondary N) is 1. The summed E-state index contributed by atoms with van der Waals surface area (Å²) in [7, 11) is 1.65. The fraction of sp³-hybridized carbons (Fsp3) is 0.429. The Hall–Kier alpha value is -3.01. The highest BCUT2D eigenvalue weighted by Gasteiger charge is 2.47. The topological polar surface area (TPSA) is 93.1 Å². The lowest BCUT2D eigenvalue weighted by atomic mass is 9.84. The summed E-state index contributed by atoms with van der Waals surface area (Å²) < 4.78 is 40.7. The van der Waals surface area contributed by atoms with Crippen LogP contribution in [0, 0.1) is 17.5 Å². The quantitative estimate of drug-likeness (QED) is 0.671. The molecule has 2 fully saturated rings. The number of hydrogen-bond donors (Lipinski definition) is 3. The maximum Gasteiger partial charge on any atom is 0.274 e. The molecule has 166 valence electrons. The molecule has 1 unspecified atom stereocenters. The van der Waals surface area contributed by atoms with Crippen LogP contribution in [0.15, 0.2) is 35.4 Å². The second kappa shape index (κ2) is 7.92. The van der Waals surface area contributed by atoms with E-state index in [0.29, 0.717) is 12.1 Å². The molecule has 1 aliphatic carbocycles. The number of nitrogens with zero attached hydrogens (tertiary/aromatic N) is 2. The Labute approximate surface area is 176 Å². The maximum atomic E-state index is 13.8. The van der Waals surface area contributed by atoms with E-state index >= 15 is 0 Å². The van der Waals surface area contributed by atoms with Gasteiger partial charge in [-0.1, -0.05) is 12.8 Å². The molecule has 0 spiro atoms. The molecule has 1 aromatic carbocycles. The van der Waals surface area contributed by atoms with Gasteiger partial charge in [0, 0.05) is 37.5 Å². The van der Waals surface area contributed by atoms with E-state index in [1.165, 1.54) is 11.1 Å². The van der Waals surface area contributed by atoms with Gasteiger partial charge >= 0.3 is 0 Å². The SMILES string of the molecule is CN1C(=O)C2=C(O)C(O)C(C(=O)NCc3c(F)cc(F)cc3F)=CN2[C@@H]2CCCC[C@H]21. The number of amides is 2. The molecule has 0 radical (unpaired) electrons. The van der Waals surface area contributed by atoms with Crippen LogP contribution in [0.4, 0.5) is 13.2 Å². The van der Waals surface area contributed by atoms with Crippen LogP contribution in [0.2, 0.25) is 0 Å². The van der Waals surface area contributed by atoms with Gasteiger partial charge in [0.2, 0.25) is 0 Å². The summed E-state index contributed by atoms with van der Waals surface area (Å²) in [6.07, 6.45) is 2.92. The molecule has 0 bridgehead atoms. The predicted molar refractivity (Wildman–Crippen MR) is 103 cm³/mol. The number of aliphatic hydroxyl groups excluding tert-OH is 2. The maximum absolute atomic E-state index is 13.8. The molecule has 0 aromatic heterocycles. The molecule has 2 heterocycles. The Morgan fingerprint density at radius 2 is 1.77 bits per heavy atom. The van der Waals surface area contributed by atoms with Gasteiger partial charge in [0.1, 0.15) is 29.3 Å². The smallest absolute Gasteiger partial charge is 0.274 e. The van der Waals surface area contributed by atoms with Crippen LogP contribution in [0.1, 0.15) is 31.2 Å². The molecule has 31 heavy (non-hydrogen) atoms. The van der Waals surface area contributed by atoms with Gasteiger partial charge in [-0.05, 0) is 12.8 Å². The second-order valence-corrected chi connectivity index (χ2v) is 7.99. The normalized spacial score (nSPS) is 25.8. The average Bonchev–Trinajstić information content (AvgIpc) is 2.73. The van der Waals surface area contributed by atoms with Crippen molar-refractivity contribution in [1.29, 1.82) is 0 Å². The molecule has 3 atom stereocenters. The number of piperazine rings is 1. The molecule has 1 saturated carbocycles. The Morgan fingerprint density at radius 3 is 2.42 bits per heavy atom. The van der Waals surface area contributed by atoms with E-state index in [0.717, 1.165) is 25.7 Å². The summed E-state index contributed by atoms with van der Waals surface area (Å²) in [4.78, 5) is 28.5. The molecule has 4 rings (SSSR count). The van der Waals surface area contributed by atoms with E-state index in [1.54, 1.807) is 11.9 Å². The van der Waals surface area contributed by atoms with E-state index in [9.17, 15) is 33.0 Å². The van der Waals surface area contributed by atoms with Gasteiger partial charge in [0.15, 0.2) is 5.76 Å². The Kier molecular flexibility index (Phi) is 5.42. The summed E-state index contributed by atoms with van der Waals surface area (Å²) in [5.41, 5.74) is -0.876. The Morgan fingerprint density at radius 1 is 1.16 bits per heavy atom. The summed E-state index contributed by atoms with van der Waals surface area (Å²) in [5, 5.41) is 23.3. The minimum absolute atomic E-state index is 0.0784. The minimum Gasteiger partial charge on any atom is -0.507 e. The van der Waals surface area contributed by atoms with Crippen molar-refractivity contribution in [3.05, 3.63) is 58.4 Å². The van der Waals surface area contributed by atoms with Crippen LogP contribution in [0.5, 0.6) is 0 Å². The first-order chi connectivity index (χ1) is 14.7. The first kappa shape index (κ1) is 21.2. The first-order valence-corrected chi connectivity index (χ1v) is 10.0. The number of fused-ring (bicyclic) bond motifs is 3. The molecular formula is C21H22F3N3O4. The standard InChI is InChI=1S/C21H22F3N3O4/c1-26-15-4-2-3-5-16(15)27-9-12(18(28)19(29)17(27)21(26)31)20(30)25-8-11-13(23)6-10(22)7-14(11)24/h6-7,9,15-16,18,28-29H,2-5,8H2,1H3,(H,25,30)/t15-,16-,18?/m1/s1. The summed E-state index contributed by atoms with van der Waals surface area (Å²) in [6.45, 7) is -0.591. The minimum atomic E-state index is -1.77. The highest BCUT2D eigenvalue weighted by molar-refractivity contribution is 5.99. The highest BCUT2D eigenvalue weighted by atomic mass is 19.1. The molecular weight excluding hydrogens is 415 g/mol. The number of likely N-dealkylation sites (N-methyl/N-ethyl adjacent to an activating group) is 1. The van der Waals surface area contributed by atoms with Crippen molar-refractivity contribution < 1.29 is 33.0 Å². The Balaban J connectivity index is 1.60. The monoisotopic (exact) mass is 437 g/mol. The number of benzene rings is 1. The van der Waals surface area contributed by atoms with Crippen molar-refractivity contribution >= 4 is 11.8 Å². The van der Waals surface area contributed by atoms with Gasteiger partial charge in [-0.2, -0.15) is 0 Å². The molecule has 7 nitrogen and oxygen atoms in total. The molecule has 10 heteroatoms. The third-order valence-electron chi connectivity index (χ3n) is 6.20. The van der Waals surface area contributed by atoms with Crippen molar-refractivity contribution in [1.82, 2.24) is 15.1 Å². The number of carbonyl (C=O) groups is 2. The summed E-state index contributed by atoms with van der Waals surface area (Å²) in [6, 6.07) is 0.727. The first-order valence-electron chi connectivity index (χ1n) is 10.0. The third kappa shape index (κ3) is 3.54. The van der Waals surface area contributed by atoms with Crippen LogP contribution in [-0.2, 0) is 16.1 Å². The Bertz CT molecular complexity index is 987. The van der Waals surface area contributed by atoms with Crippen LogP contribution < -0.4 is 5.32 Å². The van der Waals surface area contributed by atoms with Gasteiger partial charge in [0.25, 0.3) is 11.8 Å². The number of rotatable bonds is 3. The van der Waals surface area contributed by atoms with Crippen molar-refractivity contribution in [2.24, 2.45) is 0 Å². The van der Waals surface area contributed by atoms with Crippen LogP contribution in [0.25, 0.3) is 0 Å². The lowest BCUT2D eigenvalue weighted by Gasteiger charge is -2.50. The van der Waals surface area contributed by atoms with Crippen molar-refractivity contribution in [2.75, 3.05) is 7.05 Å². The summed E-state index contributed by atoms with van der Waals surface area (Å²) >= 11 is 0. The fourth-order valence-corrected chi connectivity index (χ4v) is 4.56. The van der Waals surface area contributed by atoms with Crippen molar-refractivity contribution in [3.8, 4) is 0 Å². The van der Waals surface area contributed by atoms with Gasteiger partial charge in [-0.15, -0.1) is 0 Å². The number of aliphatic hydroxyl groups is 2. The number of halogens is 3. The number of hydrogen-bond acceptors (Lipinski definition) is 5. The zero-order valence-electron chi connectivity index (χ0n) is 16.7. The van der Waals surface area contributed by atoms with Crippen molar-refractivity contribution in [2.45, 2.75) is 50.4 Å². The molecule has 2 aliphatic heterocycles. The van der Waals surface area contributed by atoms with Gasteiger partial charge in [-0.25, -0.2) is 13.2 Å². The fourth-order valence-electron chi connectivity index (χ4n) is 4.56. The van der Waals surface area contributed by atoms with E-state index < -0.39 is 53.2 Å². The van der Waals surface area contributed by atoms with E-state index in [1.807, 2.05) is 0 Å². The van der Waals surface area contributed by atoms with Crippen LogP contribution >= 0.6 is 0 Å². The lowest BCUT2D eigenvalue weighted by Crippen LogP contribution is -2.61. The molecule has 3 N–H and O–H groups in total. The number of carbonyl (C=O) groups excluding carboxylic acids is 2. The van der Waals surface area contributed by atoms with Gasteiger partial charge < -0.3 is 25.3 Å². The van der Waals surface area contributed by atoms with Crippen molar-refractivity contribution in [3.63, 3.8) is 0 Å². The molecule has 2 amide bonds. The average molecular weight is 437 g/mol. The lowest BCUT2D eigenvalue weighted by molar-refractivity contribution is -0.137. The van der Waals surface area contributed by atoms with Crippen LogP contribution in [-0.4, -0.2) is 57.1 Å². The molecule has 1 saturated heterocycles. The van der Waals surface area contributed by atoms with E-state index in [4.69, 9.17) is 0 Å². The second-order valence-electron chi connectivity index (χ2n) is 7.99. The molecule has 1 aromatic rings. The molecule has 3 aliphatic rings. The predicted octanol–water partition coefficient (Wildman–Crippen LogP) is 1.83. The third-order valence-corrected chi connectivity index (χ3v) is 6.20. The van der Waals surface area contributed by atoms with Gasteiger partial charge in [0.05, 0.1) is 17.7 Å². The largest absolute Gasteiger partial charge is 0.507 e.